The highest BCUT2D eigenvalue weighted by Gasteiger charge is 2.69. The smallest absolute Gasteiger partial charge is 0.151 e. The lowest BCUT2D eigenvalue weighted by Crippen LogP contribution is -2.28. The topological polar surface area (TPSA) is 69.4 Å². The summed E-state index contributed by atoms with van der Waals surface area (Å²) >= 11 is 0. The average molecular weight is 297 g/mol. The zero-order valence-electron chi connectivity index (χ0n) is 12.3. The third-order valence-electron chi connectivity index (χ3n) is 4.23. The van der Waals surface area contributed by atoms with Gasteiger partial charge < -0.3 is 10.5 Å². The van der Waals surface area contributed by atoms with E-state index < -0.39 is 20.5 Å². The van der Waals surface area contributed by atoms with Crippen LogP contribution in [0.4, 0.5) is 0 Å². The number of hydrogen-bond acceptors (Lipinski definition) is 4. The maximum Gasteiger partial charge on any atom is 0.151 e. The number of hydrogen-bond donors (Lipinski definition) is 1. The minimum Gasteiger partial charge on any atom is -0.381 e. The number of sulfone groups is 1. The summed E-state index contributed by atoms with van der Waals surface area (Å²) in [6, 6.07) is 8.02. The first-order chi connectivity index (χ1) is 9.36. The number of aryl methyl sites for hydroxylation is 1. The summed E-state index contributed by atoms with van der Waals surface area (Å²) in [7, 11) is -3.15. The van der Waals surface area contributed by atoms with Gasteiger partial charge in [-0.1, -0.05) is 29.8 Å². The van der Waals surface area contributed by atoms with Crippen molar-refractivity contribution in [1.29, 1.82) is 0 Å². The SMILES string of the molecule is CCOC[C@]1(CN)[C@@H](c2ccc(C)cc2)[C@@H]1S(C)(=O)=O. The van der Waals surface area contributed by atoms with Crippen molar-refractivity contribution in [3.8, 4) is 0 Å². The van der Waals surface area contributed by atoms with Gasteiger partial charge in [0.05, 0.1) is 11.9 Å². The van der Waals surface area contributed by atoms with Crippen LogP contribution in [0.5, 0.6) is 0 Å². The fourth-order valence-electron chi connectivity index (χ4n) is 3.17. The zero-order valence-corrected chi connectivity index (χ0v) is 13.1. The molecule has 1 fully saturated rings. The second kappa shape index (κ2) is 5.47. The molecule has 0 aromatic heterocycles. The average Bonchev–Trinajstić information content (AvgIpc) is 3.07. The minimum atomic E-state index is -3.15. The molecule has 0 saturated heterocycles. The second-order valence-corrected chi connectivity index (χ2v) is 7.88. The molecule has 0 aliphatic heterocycles. The van der Waals surface area contributed by atoms with Gasteiger partial charge in [0.1, 0.15) is 0 Å². The highest BCUT2D eigenvalue weighted by Crippen LogP contribution is 2.62. The van der Waals surface area contributed by atoms with E-state index in [1.807, 2.05) is 38.1 Å². The van der Waals surface area contributed by atoms with Crippen LogP contribution < -0.4 is 5.73 Å². The van der Waals surface area contributed by atoms with Crippen LogP contribution in [0.25, 0.3) is 0 Å². The van der Waals surface area contributed by atoms with Crippen LogP contribution >= 0.6 is 0 Å². The Labute approximate surface area is 121 Å². The monoisotopic (exact) mass is 297 g/mol. The van der Waals surface area contributed by atoms with Crippen LogP contribution in [0.2, 0.25) is 0 Å². The summed E-state index contributed by atoms with van der Waals surface area (Å²) in [5, 5.41) is -0.436. The normalized spacial score (nSPS) is 29.4. The predicted molar refractivity (Wildman–Crippen MR) is 80.5 cm³/mol. The van der Waals surface area contributed by atoms with Crippen molar-refractivity contribution in [2.75, 3.05) is 26.0 Å². The van der Waals surface area contributed by atoms with Crippen molar-refractivity contribution in [2.45, 2.75) is 25.0 Å². The third kappa shape index (κ3) is 2.62. The van der Waals surface area contributed by atoms with E-state index in [-0.39, 0.29) is 5.92 Å². The van der Waals surface area contributed by atoms with Crippen molar-refractivity contribution in [3.63, 3.8) is 0 Å². The molecule has 2 rings (SSSR count). The Morgan fingerprint density at radius 1 is 1.30 bits per heavy atom. The first kappa shape index (κ1) is 15.5. The van der Waals surface area contributed by atoms with Gasteiger partial charge in [0, 0.05) is 30.7 Å². The van der Waals surface area contributed by atoms with Gasteiger partial charge in [-0.3, -0.25) is 0 Å². The fraction of sp³-hybridized carbons (Fsp3) is 0.600. The van der Waals surface area contributed by atoms with E-state index in [2.05, 4.69) is 0 Å². The number of benzene rings is 1. The van der Waals surface area contributed by atoms with Gasteiger partial charge in [0.25, 0.3) is 0 Å². The van der Waals surface area contributed by atoms with E-state index in [1.165, 1.54) is 6.26 Å². The van der Waals surface area contributed by atoms with E-state index in [0.717, 1.165) is 11.1 Å². The van der Waals surface area contributed by atoms with Gasteiger partial charge in [-0.05, 0) is 19.4 Å². The molecule has 4 nitrogen and oxygen atoms in total. The summed E-state index contributed by atoms with van der Waals surface area (Å²) < 4.78 is 29.6. The van der Waals surface area contributed by atoms with E-state index in [9.17, 15) is 8.42 Å². The number of ether oxygens (including phenoxy) is 1. The molecule has 3 atom stereocenters. The summed E-state index contributed by atoms with van der Waals surface area (Å²) in [4.78, 5) is 0. The lowest BCUT2D eigenvalue weighted by Gasteiger charge is -2.15. The molecule has 0 amide bonds. The molecule has 20 heavy (non-hydrogen) atoms. The molecule has 5 heteroatoms. The van der Waals surface area contributed by atoms with Crippen molar-refractivity contribution in [3.05, 3.63) is 35.4 Å². The van der Waals surface area contributed by atoms with Crippen LogP contribution in [0.1, 0.15) is 24.0 Å². The van der Waals surface area contributed by atoms with Crippen LogP contribution in [0.15, 0.2) is 24.3 Å². The highest BCUT2D eigenvalue weighted by molar-refractivity contribution is 7.91. The summed E-state index contributed by atoms with van der Waals surface area (Å²) in [5.41, 5.74) is 7.64. The maximum atomic E-state index is 12.1. The molecule has 112 valence electrons. The molecule has 0 radical (unpaired) electrons. The first-order valence-electron chi connectivity index (χ1n) is 6.90. The van der Waals surface area contributed by atoms with E-state index in [0.29, 0.717) is 19.8 Å². The molecule has 1 aromatic carbocycles. The maximum absolute atomic E-state index is 12.1. The van der Waals surface area contributed by atoms with Gasteiger partial charge in [0.2, 0.25) is 0 Å². The van der Waals surface area contributed by atoms with E-state index in [4.69, 9.17) is 10.5 Å². The molecule has 2 N–H and O–H groups in total. The Bertz CT molecular complexity index is 567. The Kier molecular flexibility index (Phi) is 4.23. The van der Waals surface area contributed by atoms with Crippen LogP contribution in [0, 0.1) is 12.3 Å². The Balaban J connectivity index is 2.36. The van der Waals surface area contributed by atoms with Gasteiger partial charge in [0.15, 0.2) is 9.84 Å². The minimum absolute atomic E-state index is 0.0605. The molecule has 0 spiro atoms. The lowest BCUT2D eigenvalue weighted by atomic mass is 9.99. The third-order valence-corrected chi connectivity index (χ3v) is 5.90. The van der Waals surface area contributed by atoms with Crippen molar-refractivity contribution >= 4 is 9.84 Å². The second-order valence-electron chi connectivity index (χ2n) is 5.71. The molecule has 1 aromatic rings. The highest BCUT2D eigenvalue weighted by atomic mass is 32.2. The Morgan fingerprint density at radius 3 is 2.35 bits per heavy atom. The van der Waals surface area contributed by atoms with E-state index in [1.54, 1.807) is 0 Å². The van der Waals surface area contributed by atoms with Gasteiger partial charge in [-0.25, -0.2) is 8.42 Å². The molecular weight excluding hydrogens is 274 g/mol. The van der Waals surface area contributed by atoms with Crippen LogP contribution in [-0.2, 0) is 14.6 Å². The Hall–Kier alpha value is -0.910. The van der Waals surface area contributed by atoms with Crippen LogP contribution in [0.3, 0.4) is 0 Å². The molecule has 1 aliphatic rings. The van der Waals surface area contributed by atoms with Gasteiger partial charge in [-0.15, -0.1) is 0 Å². The predicted octanol–water partition coefficient (Wildman–Crippen LogP) is 1.49. The van der Waals surface area contributed by atoms with E-state index >= 15 is 0 Å². The van der Waals surface area contributed by atoms with Gasteiger partial charge in [-0.2, -0.15) is 0 Å². The number of rotatable bonds is 6. The first-order valence-corrected chi connectivity index (χ1v) is 8.85. The lowest BCUT2D eigenvalue weighted by molar-refractivity contribution is 0.101. The number of nitrogens with two attached hydrogens (primary N) is 1. The van der Waals surface area contributed by atoms with Crippen molar-refractivity contribution in [1.82, 2.24) is 0 Å². The molecule has 0 heterocycles. The van der Waals surface area contributed by atoms with Crippen molar-refractivity contribution < 1.29 is 13.2 Å². The molecule has 0 bridgehead atoms. The molecule has 1 aliphatic carbocycles. The fourth-order valence-corrected chi connectivity index (χ4v) is 5.18. The summed E-state index contributed by atoms with van der Waals surface area (Å²) in [6.45, 7) is 5.21. The quantitative estimate of drug-likeness (QED) is 0.863. The largest absolute Gasteiger partial charge is 0.381 e. The molecular formula is C15H23NO3S. The molecule has 0 unspecified atom stereocenters. The van der Waals surface area contributed by atoms with Crippen LogP contribution in [-0.4, -0.2) is 39.7 Å². The van der Waals surface area contributed by atoms with Crippen molar-refractivity contribution in [2.24, 2.45) is 11.1 Å². The standard InChI is InChI=1S/C15H23NO3S/c1-4-19-10-15(9-16)13(14(15)20(3,17)18)12-7-5-11(2)6-8-12/h5-8,13-14H,4,9-10,16H2,1-3H3/t13-,14-,15+/m0/s1. The summed E-state index contributed by atoms with van der Waals surface area (Å²) in [5.74, 6) is -0.0605. The van der Waals surface area contributed by atoms with Gasteiger partial charge >= 0.3 is 0 Å². The zero-order chi connectivity index (χ0) is 15.0. The summed E-state index contributed by atoms with van der Waals surface area (Å²) in [6.07, 6.45) is 1.29. The Morgan fingerprint density at radius 2 is 1.90 bits per heavy atom. The molecule has 1 saturated carbocycles.